The number of para-hydroxylation sites is 1. The Morgan fingerprint density at radius 2 is 1.97 bits per heavy atom. The highest BCUT2D eigenvalue weighted by atomic mass is 16.5. The van der Waals surface area contributed by atoms with Gasteiger partial charge in [0.15, 0.2) is 11.2 Å². The van der Waals surface area contributed by atoms with Crippen LogP contribution in [0.5, 0.6) is 11.8 Å². The first-order chi connectivity index (χ1) is 14.9. The van der Waals surface area contributed by atoms with Crippen molar-refractivity contribution in [3.8, 4) is 11.8 Å². The summed E-state index contributed by atoms with van der Waals surface area (Å²) in [5, 5.41) is 3.33. The van der Waals surface area contributed by atoms with E-state index in [4.69, 9.17) is 15.5 Å². The maximum absolute atomic E-state index is 13.4. The molecule has 1 amide bonds. The maximum atomic E-state index is 13.4. The van der Waals surface area contributed by atoms with Crippen LogP contribution in [0.3, 0.4) is 0 Å². The van der Waals surface area contributed by atoms with E-state index in [0.29, 0.717) is 11.2 Å². The van der Waals surface area contributed by atoms with Crippen LogP contribution in [0.2, 0.25) is 0 Å². The second-order valence-corrected chi connectivity index (χ2v) is 7.67. The molecular weight excluding hydrogens is 398 g/mol. The van der Waals surface area contributed by atoms with Gasteiger partial charge in [0.1, 0.15) is 5.75 Å². The predicted molar refractivity (Wildman–Crippen MR) is 118 cm³/mol. The van der Waals surface area contributed by atoms with E-state index in [1.165, 1.54) is 4.57 Å². The number of nitrogens with zero attached hydrogens (tertiary/aromatic N) is 5. The van der Waals surface area contributed by atoms with E-state index in [9.17, 15) is 9.59 Å². The minimum atomic E-state index is -0.622. The molecule has 1 fully saturated rings. The van der Waals surface area contributed by atoms with Crippen molar-refractivity contribution >= 4 is 23.0 Å². The number of carbonyl (C=O) groups is 1. The Morgan fingerprint density at radius 3 is 2.65 bits per heavy atom. The molecule has 164 valence electrons. The highest BCUT2D eigenvalue weighted by Gasteiger charge is 2.26. The first-order valence-corrected chi connectivity index (χ1v) is 10.4. The molecule has 0 bridgehead atoms. The van der Waals surface area contributed by atoms with Crippen LogP contribution in [0.25, 0.3) is 11.2 Å². The quantitative estimate of drug-likeness (QED) is 0.612. The lowest BCUT2D eigenvalue weighted by Crippen LogP contribution is -2.44. The Bertz CT molecular complexity index is 1180. The molecule has 31 heavy (non-hydrogen) atoms. The van der Waals surface area contributed by atoms with Crippen molar-refractivity contribution in [2.75, 3.05) is 31.1 Å². The van der Waals surface area contributed by atoms with Crippen molar-refractivity contribution in [1.29, 1.82) is 0 Å². The first kappa shape index (κ1) is 20.9. The van der Waals surface area contributed by atoms with Crippen LogP contribution < -0.4 is 26.2 Å². The van der Waals surface area contributed by atoms with Crippen LogP contribution in [-0.4, -0.2) is 51.2 Å². The second kappa shape index (κ2) is 8.38. The molecule has 3 N–H and O–H groups in total. The van der Waals surface area contributed by atoms with Crippen molar-refractivity contribution in [2.24, 2.45) is 12.8 Å². The van der Waals surface area contributed by atoms with Gasteiger partial charge in [0, 0.05) is 39.3 Å². The number of fused-ring (bicyclic) bond motifs is 1. The predicted octanol–water partition coefficient (Wildman–Crippen LogP) is 1.40. The standard InChI is InChI=1S/C21H27N7O3/c1-4-13(2)28-16-18(24-20(28)27-11-9-23-10-12-27)25-21(26(3)19(16)30)31-15-8-6-5-7-14(15)17(22)29/h5-8,13,23H,4,9-12H2,1-3H3,(H2,22,29). The average molecular weight is 425 g/mol. The molecule has 1 aliphatic heterocycles. The molecule has 1 atom stereocenters. The number of hydrogen-bond donors (Lipinski definition) is 2. The summed E-state index contributed by atoms with van der Waals surface area (Å²) in [5.74, 6) is 0.356. The molecule has 1 aromatic carbocycles. The van der Waals surface area contributed by atoms with Gasteiger partial charge in [-0.1, -0.05) is 19.1 Å². The number of rotatable bonds is 6. The lowest BCUT2D eigenvalue weighted by Gasteiger charge is -2.30. The summed E-state index contributed by atoms with van der Waals surface area (Å²) >= 11 is 0. The van der Waals surface area contributed by atoms with Crippen LogP contribution in [0.1, 0.15) is 36.7 Å². The Labute approximate surface area is 179 Å². The van der Waals surface area contributed by atoms with Crippen LogP contribution in [0.15, 0.2) is 29.1 Å². The van der Waals surface area contributed by atoms with Crippen molar-refractivity contribution in [1.82, 2.24) is 24.4 Å². The molecule has 0 radical (unpaired) electrons. The van der Waals surface area contributed by atoms with E-state index in [2.05, 4.69) is 29.0 Å². The number of amides is 1. The van der Waals surface area contributed by atoms with Crippen molar-refractivity contribution in [3.05, 3.63) is 40.2 Å². The fraction of sp³-hybridized carbons (Fsp3) is 0.429. The third kappa shape index (κ3) is 3.74. The molecule has 4 rings (SSSR count). The van der Waals surface area contributed by atoms with Gasteiger partial charge in [0.2, 0.25) is 5.95 Å². The molecule has 10 nitrogen and oxygen atoms in total. The molecule has 1 unspecified atom stereocenters. The Hall–Kier alpha value is -3.40. The fourth-order valence-corrected chi connectivity index (χ4v) is 3.73. The van der Waals surface area contributed by atoms with Gasteiger partial charge in [-0.3, -0.25) is 14.2 Å². The number of aromatic nitrogens is 4. The normalized spacial score (nSPS) is 15.3. The van der Waals surface area contributed by atoms with Crippen LogP contribution in [0, 0.1) is 0 Å². The molecule has 1 saturated heterocycles. The van der Waals surface area contributed by atoms with Gasteiger partial charge in [0.05, 0.1) is 5.56 Å². The van der Waals surface area contributed by atoms with Gasteiger partial charge in [0.25, 0.3) is 11.5 Å². The van der Waals surface area contributed by atoms with Gasteiger partial charge in [-0.15, -0.1) is 0 Å². The average Bonchev–Trinajstić information content (AvgIpc) is 3.17. The summed E-state index contributed by atoms with van der Waals surface area (Å²) in [6.07, 6.45) is 0.845. The summed E-state index contributed by atoms with van der Waals surface area (Å²) in [6, 6.07) is 6.71. The Kier molecular flexibility index (Phi) is 5.64. The molecule has 0 aliphatic carbocycles. The lowest BCUT2D eigenvalue weighted by molar-refractivity contribution is 0.0998. The van der Waals surface area contributed by atoms with Gasteiger partial charge >= 0.3 is 6.01 Å². The Morgan fingerprint density at radius 1 is 1.26 bits per heavy atom. The molecule has 0 spiro atoms. The maximum Gasteiger partial charge on any atom is 0.306 e. The Balaban J connectivity index is 1.87. The molecular formula is C21H27N7O3. The van der Waals surface area contributed by atoms with Gasteiger partial charge in [-0.05, 0) is 25.5 Å². The first-order valence-electron chi connectivity index (χ1n) is 10.4. The van der Waals surface area contributed by atoms with E-state index in [0.717, 1.165) is 38.5 Å². The smallest absolute Gasteiger partial charge is 0.306 e. The highest BCUT2D eigenvalue weighted by molar-refractivity contribution is 5.95. The molecule has 3 aromatic rings. The van der Waals surface area contributed by atoms with E-state index in [1.807, 2.05) is 4.57 Å². The zero-order valence-electron chi connectivity index (χ0n) is 18.0. The summed E-state index contributed by atoms with van der Waals surface area (Å²) in [5.41, 5.74) is 6.17. The van der Waals surface area contributed by atoms with E-state index >= 15 is 0 Å². The number of nitrogens with one attached hydrogen (secondary N) is 1. The zero-order chi connectivity index (χ0) is 22.1. The summed E-state index contributed by atoms with van der Waals surface area (Å²) in [4.78, 5) is 36.5. The number of nitrogens with two attached hydrogens (primary N) is 1. The van der Waals surface area contributed by atoms with Crippen molar-refractivity contribution in [2.45, 2.75) is 26.3 Å². The second-order valence-electron chi connectivity index (χ2n) is 7.67. The minimum absolute atomic E-state index is 0.0480. The lowest BCUT2D eigenvalue weighted by atomic mass is 10.2. The zero-order valence-corrected chi connectivity index (χ0v) is 18.0. The number of benzene rings is 1. The van der Waals surface area contributed by atoms with E-state index in [1.54, 1.807) is 31.3 Å². The SMILES string of the molecule is CCC(C)n1c(N2CCNCC2)nc2nc(Oc3ccccc3C(N)=O)n(C)c(=O)c21. The number of hydrogen-bond acceptors (Lipinski definition) is 7. The van der Waals surface area contributed by atoms with Crippen molar-refractivity contribution < 1.29 is 9.53 Å². The van der Waals surface area contributed by atoms with Crippen LogP contribution in [-0.2, 0) is 7.05 Å². The molecule has 3 heterocycles. The molecule has 10 heteroatoms. The van der Waals surface area contributed by atoms with Crippen LogP contribution in [0.4, 0.5) is 5.95 Å². The summed E-state index contributed by atoms with van der Waals surface area (Å²) in [7, 11) is 1.59. The van der Waals surface area contributed by atoms with Gasteiger partial charge in [-0.25, -0.2) is 0 Å². The monoisotopic (exact) mass is 425 g/mol. The number of piperazine rings is 1. The third-order valence-corrected chi connectivity index (χ3v) is 5.65. The molecule has 2 aromatic heterocycles. The third-order valence-electron chi connectivity index (χ3n) is 5.65. The number of anilines is 1. The highest BCUT2D eigenvalue weighted by Crippen LogP contribution is 2.29. The van der Waals surface area contributed by atoms with E-state index < -0.39 is 5.91 Å². The van der Waals surface area contributed by atoms with E-state index in [-0.39, 0.29) is 28.9 Å². The fourth-order valence-electron chi connectivity index (χ4n) is 3.73. The van der Waals surface area contributed by atoms with Gasteiger partial charge in [-0.2, -0.15) is 9.97 Å². The number of primary amides is 1. The van der Waals surface area contributed by atoms with Gasteiger partial charge < -0.3 is 25.3 Å². The number of carbonyl (C=O) groups excluding carboxylic acids is 1. The van der Waals surface area contributed by atoms with Crippen LogP contribution >= 0.6 is 0 Å². The topological polar surface area (TPSA) is 120 Å². The molecule has 0 saturated carbocycles. The molecule has 1 aliphatic rings. The number of imidazole rings is 1. The largest absolute Gasteiger partial charge is 0.425 e. The summed E-state index contributed by atoms with van der Waals surface area (Å²) in [6.45, 7) is 7.46. The summed E-state index contributed by atoms with van der Waals surface area (Å²) < 4.78 is 9.17. The number of ether oxygens (including phenoxy) is 1. The van der Waals surface area contributed by atoms with Crippen molar-refractivity contribution in [3.63, 3.8) is 0 Å². The minimum Gasteiger partial charge on any atom is -0.425 e.